The van der Waals surface area contributed by atoms with Gasteiger partial charge in [0.25, 0.3) is 0 Å². The molecule has 1 aromatic rings. The van der Waals surface area contributed by atoms with Crippen LogP contribution in [0.5, 0.6) is 0 Å². The molecule has 1 aromatic carbocycles. The summed E-state index contributed by atoms with van der Waals surface area (Å²) in [4.78, 5) is -0.0481. The second-order valence-corrected chi connectivity index (χ2v) is 4.44. The van der Waals surface area contributed by atoms with Crippen molar-refractivity contribution in [3.8, 4) is 0 Å². The quantitative estimate of drug-likeness (QED) is 0.707. The molecule has 3 heteroatoms. The van der Waals surface area contributed by atoms with Crippen molar-refractivity contribution in [3.63, 3.8) is 0 Å². The fourth-order valence-corrected chi connectivity index (χ4v) is 1.98. The van der Waals surface area contributed by atoms with Gasteiger partial charge < -0.3 is 0 Å². The average Bonchev–Trinajstić information content (AvgIpc) is 2.15. The van der Waals surface area contributed by atoms with Gasteiger partial charge in [-0.2, -0.15) is 0 Å². The van der Waals surface area contributed by atoms with E-state index >= 15 is 0 Å². The number of rotatable bonds is 3. The van der Waals surface area contributed by atoms with E-state index in [1.807, 2.05) is 13.8 Å². The molecule has 0 fully saturated rings. The third kappa shape index (κ3) is 2.53. The number of benzene rings is 1. The van der Waals surface area contributed by atoms with E-state index in [4.69, 9.17) is 0 Å². The van der Waals surface area contributed by atoms with Gasteiger partial charge in [-0.1, -0.05) is 42.3 Å². The van der Waals surface area contributed by atoms with Crippen LogP contribution in [0, 0.1) is 17.6 Å². The van der Waals surface area contributed by atoms with Crippen molar-refractivity contribution in [1.29, 1.82) is 0 Å². The molecule has 78 valence electrons. The highest BCUT2D eigenvalue weighted by molar-refractivity contribution is 9.09. The Morgan fingerprint density at radius 3 is 2.50 bits per heavy atom. The molecule has 0 N–H and O–H groups in total. The minimum atomic E-state index is -0.532. The van der Waals surface area contributed by atoms with Crippen molar-refractivity contribution >= 4 is 15.9 Å². The summed E-state index contributed by atoms with van der Waals surface area (Å²) in [6.45, 7) is 4.07. The van der Waals surface area contributed by atoms with Crippen molar-refractivity contribution < 1.29 is 8.78 Å². The fourth-order valence-electron chi connectivity index (χ4n) is 1.24. The van der Waals surface area contributed by atoms with Gasteiger partial charge >= 0.3 is 0 Å². The summed E-state index contributed by atoms with van der Waals surface area (Å²) in [6, 6.07) is 3.71. The van der Waals surface area contributed by atoms with Crippen LogP contribution in [0.4, 0.5) is 8.78 Å². The van der Waals surface area contributed by atoms with E-state index in [2.05, 4.69) is 15.9 Å². The van der Waals surface area contributed by atoms with Gasteiger partial charge in [-0.15, -0.1) is 0 Å². The molecule has 0 radical (unpaired) electrons. The van der Waals surface area contributed by atoms with Crippen molar-refractivity contribution in [2.75, 3.05) is 0 Å². The first-order valence-corrected chi connectivity index (χ1v) is 5.56. The van der Waals surface area contributed by atoms with Crippen LogP contribution in [0.25, 0.3) is 0 Å². The summed E-state index contributed by atoms with van der Waals surface area (Å²) in [5.41, 5.74) is 0.528. The summed E-state index contributed by atoms with van der Waals surface area (Å²) in [5, 5.41) is 0. The molecule has 0 spiro atoms. The van der Waals surface area contributed by atoms with Gasteiger partial charge in [0, 0.05) is 16.5 Å². The highest BCUT2D eigenvalue weighted by Crippen LogP contribution is 2.34. The first-order chi connectivity index (χ1) is 6.56. The zero-order valence-corrected chi connectivity index (χ0v) is 9.81. The van der Waals surface area contributed by atoms with Crippen LogP contribution in [0.3, 0.4) is 0 Å². The smallest absolute Gasteiger partial charge is 0.130 e. The topological polar surface area (TPSA) is 0 Å². The highest BCUT2D eigenvalue weighted by atomic mass is 79.9. The molecule has 0 bridgehead atoms. The van der Waals surface area contributed by atoms with Gasteiger partial charge in [0.05, 0.1) is 0 Å². The van der Waals surface area contributed by atoms with Gasteiger partial charge in [-0.25, -0.2) is 8.78 Å². The lowest BCUT2D eigenvalue weighted by molar-refractivity contribution is 0.519. The predicted octanol–water partition coefficient (Wildman–Crippen LogP) is 4.45. The largest absolute Gasteiger partial charge is 0.207 e. The van der Waals surface area contributed by atoms with E-state index in [1.54, 1.807) is 0 Å². The number of hydrogen-bond acceptors (Lipinski definition) is 0. The maximum atomic E-state index is 13.3. The Balaban J connectivity index is 2.95. The lowest BCUT2D eigenvalue weighted by Gasteiger charge is -2.17. The summed E-state index contributed by atoms with van der Waals surface area (Å²) in [5.74, 6) is -0.683. The first kappa shape index (κ1) is 11.6. The van der Waals surface area contributed by atoms with E-state index in [-0.39, 0.29) is 4.83 Å². The second-order valence-electron chi connectivity index (χ2n) is 3.45. The van der Waals surface area contributed by atoms with Crippen LogP contribution in [-0.4, -0.2) is 0 Å². The number of alkyl halides is 1. The maximum Gasteiger partial charge on any atom is 0.130 e. The molecule has 0 amide bonds. The van der Waals surface area contributed by atoms with E-state index in [9.17, 15) is 8.78 Å². The predicted molar refractivity (Wildman–Crippen MR) is 57.5 cm³/mol. The molecule has 14 heavy (non-hydrogen) atoms. The van der Waals surface area contributed by atoms with Crippen molar-refractivity contribution in [1.82, 2.24) is 0 Å². The van der Waals surface area contributed by atoms with Crippen LogP contribution in [0.15, 0.2) is 18.2 Å². The summed E-state index contributed by atoms with van der Waals surface area (Å²) < 4.78 is 26.0. The molecule has 0 heterocycles. The molecular weight excluding hydrogens is 250 g/mol. The van der Waals surface area contributed by atoms with Crippen LogP contribution < -0.4 is 0 Å². The highest BCUT2D eigenvalue weighted by Gasteiger charge is 2.18. The Morgan fingerprint density at radius 1 is 1.36 bits per heavy atom. The molecule has 2 atom stereocenters. The monoisotopic (exact) mass is 262 g/mol. The third-order valence-corrected chi connectivity index (χ3v) is 3.80. The lowest BCUT2D eigenvalue weighted by Crippen LogP contribution is -2.04. The van der Waals surface area contributed by atoms with E-state index in [1.165, 1.54) is 12.1 Å². The maximum absolute atomic E-state index is 13.3. The van der Waals surface area contributed by atoms with Crippen LogP contribution in [0.1, 0.15) is 30.7 Å². The van der Waals surface area contributed by atoms with Crippen molar-refractivity contribution in [2.45, 2.75) is 25.1 Å². The standard InChI is InChI=1S/C11H13BrF2/c1-3-7(2)11(12)9-5-4-8(13)6-10(9)14/h4-7,11H,3H2,1-2H3. The Morgan fingerprint density at radius 2 is 2.00 bits per heavy atom. The van der Waals surface area contributed by atoms with E-state index in [0.717, 1.165) is 12.5 Å². The zero-order chi connectivity index (χ0) is 10.7. The normalized spacial score (nSPS) is 15.2. The molecule has 1 rings (SSSR count). The summed E-state index contributed by atoms with van der Waals surface area (Å²) >= 11 is 3.42. The Kier molecular flexibility index (Phi) is 4.05. The first-order valence-electron chi connectivity index (χ1n) is 4.65. The summed E-state index contributed by atoms with van der Waals surface area (Å²) in [6.07, 6.45) is 0.951. The third-order valence-electron chi connectivity index (χ3n) is 2.40. The second kappa shape index (κ2) is 4.87. The average molecular weight is 263 g/mol. The van der Waals surface area contributed by atoms with Crippen molar-refractivity contribution in [3.05, 3.63) is 35.4 Å². The van der Waals surface area contributed by atoms with Crippen LogP contribution in [-0.2, 0) is 0 Å². The molecule has 0 aliphatic heterocycles. The minimum Gasteiger partial charge on any atom is -0.207 e. The molecule has 0 nitrogen and oxygen atoms in total. The SMILES string of the molecule is CCC(C)C(Br)c1ccc(F)cc1F. The molecule has 0 aliphatic carbocycles. The minimum absolute atomic E-state index is 0.0481. The van der Waals surface area contributed by atoms with Gasteiger partial charge in [-0.05, 0) is 12.0 Å². The fraction of sp³-hybridized carbons (Fsp3) is 0.455. The Labute approximate surface area is 91.5 Å². The number of hydrogen-bond donors (Lipinski definition) is 0. The van der Waals surface area contributed by atoms with Crippen molar-refractivity contribution in [2.24, 2.45) is 5.92 Å². The molecule has 0 aromatic heterocycles. The molecule has 0 saturated heterocycles. The van der Waals surface area contributed by atoms with Crippen LogP contribution in [0.2, 0.25) is 0 Å². The summed E-state index contributed by atoms with van der Waals surface area (Å²) in [7, 11) is 0. The van der Waals surface area contributed by atoms with Crippen LogP contribution >= 0.6 is 15.9 Å². The zero-order valence-electron chi connectivity index (χ0n) is 8.23. The molecule has 2 unspecified atom stereocenters. The van der Waals surface area contributed by atoms with Gasteiger partial charge in [-0.3, -0.25) is 0 Å². The molecular formula is C11H13BrF2. The molecule has 0 saturated carbocycles. The van der Waals surface area contributed by atoms with Gasteiger partial charge in [0.1, 0.15) is 11.6 Å². The Bertz CT molecular complexity index is 312. The van der Waals surface area contributed by atoms with Gasteiger partial charge in [0.2, 0.25) is 0 Å². The van der Waals surface area contributed by atoms with E-state index in [0.29, 0.717) is 11.5 Å². The Hall–Kier alpha value is -0.440. The van der Waals surface area contributed by atoms with E-state index < -0.39 is 11.6 Å². The molecule has 0 aliphatic rings. The number of halogens is 3. The lowest BCUT2D eigenvalue weighted by atomic mass is 9.98. The van der Waals surface area contributed by atoms with Gasteiger partial charge in [0.15, 0.2) is 0 Å².